The highest BCUT2D eigenvalue weighted by Crippen LogP contribution is 2.65. The van der Waals surface area contributed by atoms with Crippen LogP contribution < -0.4 is 15.4 Å². The van der Waals surface area contributed by atoms with Crippen molar-refractivity contribution >= 4 is 35.3 Å². The first-order valence-electron chi connectivity index (χ1n) is 21.4. The molecule has 0 bridgehead atoms. The fourth-order valence-electron chi connectivity index (χ4n) is 9.93. The number of ether oxygens (including phenoxy) is 3. The van der Waals surface area contributed by atoms with Crippen molar-refractivity contribution in [1.82, 2.24) is 4.90 Å². The van der Waals surface area contributed by atoms with Crippen molar-refractivity contribution in [3.63, 3.8) is 0 Å². The van der Waals surface area contributed by atoms with Crippen molar-refractivity contribution in [2.24, 2.45) is 11.7 Å². The number of nitrogens with two attached hydrogens (primary N) is 1. The van der Waals surface area contributed by atoms with E-state index in [1.807, 2.05) is 65.6 Å². The molecular weight excluding hydrogens is 829 g/mol. The fraction of sp³-hybridized carbons (Fsp3) is 0.255. The summed E-state index contributed by atoms with van der Waals surface area (Å²) in [5.41, 5.74) is 8.36. The van der Waals surface area contributed by atoms with Crippen LogP contribution in [0.1, 0.15) is 77.3 Å². The zero-order chi connectivity index (χ0) is 45.2. The largest absolute Gasteiger partial charge is 0.491 e. The maximum Gasteiger partial charge on any atom is 0.421 e. The zero-order valence-electron chi connectivity index (χ0n) is 35.1. The molecule has 0 radical (unpaired) electrons. The van der Waals surface area contributed by atoms with E-state index < -0.39 is 64.4 Å². The van der Waals surface area contributed by atoms with Crippen molar-refractivity contribution in [1.29, 1.82) is 0 Å². The van der Waals surface area contributed by atoms with E-state index in [-0.39, 0.29) is 36.8 Å². The topological polar surface area (TPSA) is 192 Å². The Kier molecular flexibility index (Phi) is 11.7. The standard InChI is InChI=1S/C51H44N4O10/c52-47(57)42-44-48(58)65-45(36-14-8-3-9-15-36)43(35-12-6-2-7-13-35)54(44)46(37-21-25-39(26-22-37)63-29-28-56)51(42)40-30-33(17-16-32-10-4-1-5-11-32)20-27-41(40)53(49(51)59)50(60)64-31-34-18-23-38(24-19-34)55(61)62/h2-3,6-10,12-15,18-27,30,42-46,56H,1,4-5,11,28-29,31H2,(H2,52,57)/t42-,43-,44-,45+,46+,51-/m1/s1. The molecule has 14 nitrogen and oxygen atoms in total. The Balaban J connectivity index is 1.27. The van der Waals surface area contributed by atoms with Gasteiger partial charge in [-0.15, -0.1) is 0 Å². The first kappa shape index (κ1) is 42.7. The van der Waals surface area contributed by atoms with E-state index >= 15 is 4.79 Å². The van der Waals surface area contributed by atoms with E-state index in [9.17, 15) is 29.6 Å². The molecule has 2 fully saturated rings. The molecule has 3 N–H and O–H groups in total. The van der Waals surface area contributed by atoms with Gasteiger partial charge in [-0.3, -0.25) is 29.4 Å². The number of nitro groups is 1. The molecule has 9 rings (SSSR count). The normalized spacial score (nSPS) is 23.4. The number of hydrogen-bond acceptors (Lipinski definition) is 11. The Labute approximate surface area is 374 Å². The summed E-state index contributed by atoms with van der Waals surface area (Å²) < 4.78 is 17.9. The second-order valence-corrected chi connectivity index (χ2v) is 16.4. The van der Waals surface area contributed by atoms with Gasteiger partial charge in [0.05, 0.1) is 35.2 Å². The van der Waals surface area contributed by atoms with Crippen LogP contribution in [0.2, 0.25) is 0 Å². The van der Waals surface area contributed by atoms with Crippen LogP contribution in [-0.2, 0) is 35.9 Å². The van der Waals surface area contributed by atoms with Crippen LogP contribution in [0, 0.1) is 27.9 Å². The SMILES string of the molecule is NC(=O)[C@H]1[C@@H]2C(=O)O[C@@H](c3ccccc3)[C@@H](c3ccccc3)N2[C@@H](c2ccc(OCCO)cc2)[C@]12C(=O)N(C(=O)OCc1ccc([N+](=O)[O-])cc1)c1ccc(C#CC3=CCCCC3)cc12. The van der Waals surface area contributed by atoms with Gasteiger partial charge < -0.3 is 25.1 Å². The van der Waals surface area contributed by atoms with Crippen LogP contribution >= 0.6 is 0 Å². The molecule has 65 heavy (non-hydrogen) atoms. The number of morpholine rings is 1. The number of nitro benzene ring substituents is 1. The number of fused-ring (bicyclic) bond motifs is 3. The molecule has 14 heteroatoms. The van der Waals surface area contributed by atoms with Crippen molar-refractivity contribution in [3.8, 4) is 17.6 Å². The monoisotopic (exact) mass is 872 g/mol. The molecule has 3 aliphatic heterocycles. The third kappa shape index (κ3) is 7.68. The average Bonchev–Trinajstić information content (AvgIpc) is 3.79. The number of primary amides is 1. The van der Waals surface area contributed by atoms with Gasteiger partial charge in [-0.05, 0) is 102 Å². The second-order valence-electron chi connectivity index (χ2n) is 16.4. The first-order valence-corrected chi connectivity index (χ1v) is 21.4. The molecule has 4 aliphatic rings. The Morgan fingerprint density at radius 2 is 1.57 bits per heavy atom. The number of aliphatic hydroxyl groups excluding tert-OH is 1. The highest BCUT2D eigenvalue weighted by molar-refractivity contribution is 6.23. The summed E-state index contributed by atoms with van der Waals surface area (Å²) in [6, 6.07) is 32.4. The maximum atomic E-state index is 16.1. The van der Waals surface area contributed by atoms with Crippen molar-refractivity contribution in [2.45, 2.75) is 61.9 Å². The van der Waals surface area contributed by atoms with E-state index in [4.69, 9.17) is 19.9 Å². The van der Waals surface area contributed by atoms with Crippen molar-refractivity contribution in [3.05, 3.63) is 183 Å². The lowest BCUT2D eigenvalue weighted by atomic mass is 9.65. The van der Waals surface area contributed by atoms with Crippen molar-refractivity contribution in [2.75, 3.05) is 18.1 Å². The molecule has 6 atom stereocenters. The second kappa shape index (κ2) is 17.9. The van der Waals surface area contributed by atoms with Gasteiger partial charge >= 0.3 is 12.1 Å². The minimum absolute atomic E-state index is 0.0227. The molecule has 328 valence electrons. The Morgan fingerprint density at radius 3 is 2.22 bits per heavy atom. The van der Waals surface area contributed by atoms with E-state index in [0.29, 0.717) is 28.0 Å². The molecule has 0 aromatic heterocycles. The molecule has 5 aromatic rings. The van der Waals surface area contributed by atoms with E-state index in [1.54, 1.807) is 42.5 Å². The number of nitrogens with zero attached hydrogens (tertiary/aromatic N) is 3. The minimum Gasteiger partial charge on any atom is -0.491 e. The van der Waals surface area contributed by atoms with Crippen LogP contribution in [0.5, 0.6) is 5.75 Å². The number of esters is 1. The van der Waals surface area contributed by atoms with E-state index in [2.05, 4.69) is 17.9 Å². The molecular formula is C51H44N4O10. The van der Waals surface area contributed by atoms with E-state index in [0.717, 1.165) is 41.7 Å². The lowest BCUT2D eigenvalue weighted by Gasteiger charge is -2.46. The molecule has 1 aliphatic carbocycles. The lowest BCUT2D eigenvalue weighted by Crippen LogP contribution is -2.55. The molecule has 2 saturated heterocycles. The number of carbonyl (C=O) groups is 4. The van der Waals surface area contributed by atoms with Gasteiger partial charge in [-0.2, -0.15) is 0 Å². The van der Waals surface area contributed by atoms with Gasteiger partial charge in [0.25, 0.3) is 5.69 Å². The predicted octanol–water partition coefficient (Wildman–Crippen LogP) is 7.31. The molecule has 1 spiro atoms. The zero-order valence-corrected chi connectivity index (χ0v) is 35.1. The lowest BCUT2D eigenvalue weighted by molar-refractivity contribution is -0.384. The number of hydrogen-bond donors (Lipinski definition) is 2. The summed E-state index contributed by atoms with van der Waals surface area (Å²) in [5.74, 6) is 2.73. The van der Waals surface area contributed by atoms with Gasteiger partial charge in [-0.25, -0.2) is 9.69 Å². The highest BCUT2D eigenvalue weighted by atomic mass is 16.6. The summed E-state index contributed by atoms with van der Waals surface area (Å²) in [5, 5.41) is 20.8. The number of benzene rings is 5. The van der Waals surface area contributed by atoms with Gasteiger partial charge in [-0.1, -0.05) is 90.7 Å². The number of imide groups is 1. The molecule has 0 saturated carbocycles. The highest BCUT2D eigenvalue weighted by Gasteiger charge is 2.75. The van der Waals surface area contributed by atoms with Gasteiger partial charge in [0.15, 0.2) is 0 Å². The number of amides is 3. The summed E-state index contributed by atoms with van der Waals surface area (Å²) in [6.45, 7) is -0.556. The number of cyclic esters (lactones) is 1. The molecule has 3 heterocycles. The number of rotatable bonds is 10. The minimum atomic E-state index is -2.08. The van der Waals surface area contributed by atoms with E-state index in [1.165, 1.54) is 24.3 Å². The summed E-state index contributed by atoms with van der Waals surface area (Å²) in [6.07, 6.45) is 3.91. The average molecular weight is 873 g/mol. The summed E-state index contributed by atoms with van der Waals surface area (Å²) >= 11 is 0. The number of aliphatic hydroxyl groups is 1. The van der Waals surface area contributed by atoms with Gasteiger partial charge in [0, 0.05) is 17.7 Å². The van der Waals surface area contributed by atoms with Crippen LogP contribution in [-0.4, -0.2) is 58.1 Å². The Bertz CT molecular complexity index is 2750. The van der Waals surface area contributed by atoms with Crippen LogP contribution in [0.15, 0.2) is 139 Å². The van der Waals surface area contributed by atoms with Gasteiger partial charge in [0.1, 0.15) is 36.5 Å². The first-order chi connectivity index (χ1) is 31.6. The summed E-state index contributed by atoms with van der Waals surface area (Å²) in [7, 11) is 0. The predicted molar refractivity (Wildman–Crippen MR) is 237 cm³/mol. The quantitative estimate of drug-likeness (QED) is 0.0619. The number of non-ortho nitro benzene ring substituents is 1. The van der Waals surface area contributed by atoms with Crippen molar-refractivity contribution < 1.29 is 43.4 Å². The van der Waals surface area contributed by atoms with Crippen LogP contribution in [0.25, 0.3) is 0 Å². The third-order valence-corrected chi connectivity index (χ3v) is 12.7. The molecule has 0 unspecified atom stereocenters. The number of anilines is 1. The third-order valence-electron chi connectivity index (χ3n) is 12.7. The van der Waals surface area contributed by atoms with Crippen LogP contribution in [0.3, 0.4) is 0 Å². The molecule has 5 aromatic carbocycles. The summed E-state index contributed by atoms with van der Waals surface area (Å²) in [4.78, 5) is 73.6. The Morgan fingerprint density at radius 1 is 0.862 bits per heavy atom. The van der Waals surface area contributed by atoms with Crippen LogP contribution in [0.4, 0.5) is 16.2 Å². The fourth-order valence-corrected chi connectivity index (χ4v) is 9.93. The number of carbonyl (C=O) groups excluding carboxylic acids is 4. The van der Waals surface area contributed by atoms with Gasteiger partial charge in [0.2, 0.25) is 11.8 Å². The number of allylic oxidation sites excluding steroid dienone is 2. The maximum absolute atomic E-state index is 16.1. The Hall–Kier alpha value is -7.60. The smallest absolute Gasteiger partial charge is 0.421 e. The molecule has 3 amide bonds.